The van der Waals surface area contributed by atoms with E-state index in [2.05, 4.69) is 11.4 Å². The minimum atomic E-state index is -0.383. The van der Waals surface area contributed by atoms with Crippen molar-refractivity contribution in [2.75, 3.05) is 20.2 Å². The first-order valence-corrected chi connectivity index (χ1v) is 9.58. The maximum absolute atomic E-state index is 12.5. The van der Waals surface area contributed by atoms with Crippen molar-refractivity contribution in [3.63, 3.8) is 0 Å². The van der Waals surface area contributed by atoms with Gasteiger partial charge >= 0.3 is 5.97 Å². The Morgan fingerprint density at radius 3 is 2.62 bits per heavy atom. The van der Waals surface area contributed by atoms with Gasteiger partial charge in [0, 0.05) is 13.0 Å². The summed E-state index contributed by atoms with van der Waals surface area (Å²) in [6, 6.07) is 8.06. The average Bonchev–Trinajstić information content (AvgIpc) is 2.65. The highest BCUT2D eigenvalue weighted by Crippen LogP contribution is 2.38. The normalized spacial score (nSPS) is 17.3. The molecule has 2 rings (SSSR count). The third-order valence-corrected chi connectivity index (χ3v) is 5.53. The van der Waals surface area contributed by atoms with Crippen LogP contribution in [0.3, 0.4) is 0 Å². The highest BCUT2D eigenvalue weighted by molar-refractivity contribution is 5.78. The number of carbonyl (C=O) groups excluding carboxylic acids is 2. The SMILES string of the molecule is COC(=O)C(CNC(=O)CC1(CN)CCCCC1)Cc1cccc(C)c1. The molecule has 3 N–H and O–H groups in total. The lowest BCUT2D eigenvalue weighted by molar-refractivity contribution is -0.145. The van der Waals surface area contributed by atoms with E-state index in [1.54, 1.807) is 0 Å². The second kappa shape index (κ2) is 9.72. The smallest absolute Gasteiger partial charge is 0.310 e. The van der Waals surface area contributed by atoms with E-state index in [-0.39, 0.29) is 23.2 Å². The molecule has 0 heterocycles. The second-order valence-corrected chi connectivity index (χ2v) is 7.66. The topological polar surface area (TPSA) is 81.4 Å². The minimum Gasteiger partial charge on any atom is -0.469 e. The molecule has 1 unspecified atom stereocenters. The second-order valence-electron chi connectivity index (χ2n) is 7.66. The molecule has 0 aliphatic heterocycles. The van der Waals surface area contributed by atoms with Crippen LogP contribution in [-0.4, -0.2) is 32.1 Å². The summed E-state index contributed by atoms with van der Waals surface area (Å²) >= 11 is 0. The zero-order valence-corrected chi connectivity index (χ0v) is 16.1. The van der Waals surface area contributed by atoms with E-state index < -0.39 is 0 Å². The largest absolute Gasteiger partial charge is 0.469 e. The molecule has 1 aromatic rings. The van der Waals surface area contributed by atoms with Crippen LogP contribution >= 0.6 is 0 Å². The van der Waals surface area contributed by atoms with E-state index in [9.17, 15) is 9.59 Å². The van der Waals surface area contributed by atoms with Crippen molar-refractivity contribution in [1.82, 2.24) is 5.32 Å². The third-order valence-electron chi connectivity index (χ3n) is 5.53. The number of nitrogens with one attached hydrogen (secondary N) is 1. The summed E-state index contributed by atoms with van der Waals surface area (Å²) < 4.78 is 4.93. The molecule has 1 aliphatic carbocycles. The molecule has 26 heavy (non-hydrogen) atoms. The Morgan fingerprint density at radius 2 is 2.00 bits per heavy atom. The molecule has 0 saturated heterocycles. The Bertz CT molecular complexity index is 609. The summed E-state index contributed by atoms with van der Waals surface area (Å²) in [4.78, 5) is 24.6. The van der Waals surface area contributed by atoms with Crippen LogP contribution in [0, 0.1) is 18.3 Å². The van der Waals surface area contributed by atoms with Crippen molar-refractivity contribution in [3.8, 4) is 0 Å². The van der Waals surface area contributed by atoms with Crippen LogP contribution in [0.4, 0.5) is 0 Å². The molecule has 1 saturated carbocycles. The number of benzene rings is 1. The summed E-state index contributed by atoms with van der Waals surface area (Å²) in [6.45, 7) is 2.86. The van der Waals surface area contributed by atoms with Crippen molar-refractivity contribution in [3.05, 3.63) is 35.4 Å². The standard InChI is InChI=1S/C21H32N2O3/c1-16-7-6-8-17(11-16)12-18(20(25)26-2)14-23-19(24)13-21(15-22)9-4-3-5-10-21/h6-8,11,18H,3-5,9-10,12-15,22H2,1-2H3,(H,23,24). The van der Waals surface area contributed by atoms with Gasteiger partial charge in [-0.3, -0.25) is 9.59 Å². The minimum absolute atomic E-state index is 0.0181. The van der Waals surface area contributed by atoms with Gasteiger partial charge in [0.15, 0.2) is 0 Å². The van der Waals surface area contributed by atoms with E-state index in [0.717, 1.165) is 36.8 Å². The number of aryl methyl sites for hydroxylation is 1. The highest BCUT2D eigenvalue weighted by atomic mass is 16.5. The predicted molar refractivity (Wildman–Crippen MR) is 103 cm³/mol. The van der Waals surface area contributed by atoms with Gasteiger partial charge in [-0.05, 0) is 43.7 Å². The molecule has 1 atom stereocenters. The van der Waals surface area contributed by atoms with Gasteiger partial charge in [0.05, 0.1) is 13.0 Å². The van der Waals surface area contributed by atoms with Gasteiger partial charge < -0.3 is 15.8 Å². The number of hydrogen-bond donors (Lipinski definition) is 2. The van der Waals surface area contributed by atoms with Gasteiger partial charge in [-0.2, -0.15) is 0 Å². The van der Waals surface area contributed by atoms with Gasteiger partial charge in [-0.15, -0.1) is 0 Å². The van der Waals surface area contributed by atoms with Crippen LogP contribution in [0.1, 0.15) is 49.7 Å². The van der Waals surface area contributed by atoms with Gasteiger partial charge in [0.25, 0.3) is 0 Å². The Labute approximate surface area is 156 Å². The van der Waals surface area contributed by atoms with Crippen molar-refractivity contribution in [1.29, 1.82) is 0 Å². The Morgan fingerprint density at radius 1 is 1.27 bits per heavy atom. The summed E-state index contributed by atoms with van der Waals surface area (Å²) in [6.07, 6.45) is 6.54. The predicted octanol–water partition coefficient (Wildman–Crippen LogP) is 2.74. The van der Waals surface area contributed by atoms with Crippen molar-refractivity contribution in [2.45, 2.75) is 51.9 Å². The lowest BCUT2D eigenvalue weighted by atomic mass is 9.71. The number of hydrogen-bond acceptors (Lipinski definition) is 4. The lowest BCUT2D eigenvalue weighted by Gasteiger charge is -2.35. The zero-order chi connectivity index (χ0) is 19.0. The molecule has 1 fully saturated rings. The van der Waals surface area contributed by atoms with Crippen LogP contribution in [0.15, 0.2) is 24.3 Å². The molecule has 0 bridgehead atoms. The molecule has 1 aliphatic rings. The number of carbonyl (C=O) groups is 2. The first-order valence-electron chi connectivity index (χ1n) is 9.58. The zero-order valence-electron chi connectivity index (χ0n) is 16.1. The van der Waals surface area contributed by atoms with E-state index >= 15 is 0 Å². The van der Waals surface area contributed by atoms with E-state index in [0.29, 0.717) is 25.9 Å². The Kier molecular flexibility index (Phi) is 7.64. The lowest BCUT2D eigenvalue weighted by Crippen LogP contribution is -2.41. The summed E-state index contributed by atoms with van der Waals surface area (Å²) in [5, 5.41) is 2.94. The van der Waals surface area contributed by atoms with Crippen molar-refractivity contribution in [2.24, 2.45) is 17.1 Å². The molecule has 0 spiro atoms. The van der Waals surface area contributed by atoms with Crippen molar-refractivity contribution < 1.29 is 14.3 Å². The van der Waals surface area contributed by atoms with Crippen molar-refractivity contribution >= 4 is 11.9 Å². The van der Waals surface area contributed by atoms with Gasteiger partial charge in [0.1, 0.15) is 0 Å². The monoisotopic (exact) mass is 360 g/mol. The molecule has 5 heteroatoms. The quantitative estimate of drug-likeness (QED) is 0.699. The molecule has 5 nitrogen and oxygen atoms in total. The first-order chi connectivity index (χ1) is 12.5. The summed E-state index contributed by atoms with van der Waals surface area (Å²) in [5.74, 6) is -0.695. The van der Waals surface area contributed by atoms with E-state index in [1.165, 1.54) is 13.5 Å². The third kappa shape index (κ3) is 5.84. The molecule has 1 aromatic carbocycles. The summed E-state index contributed by atoms with van der Waals surface area (Å²) in [5.41, 5.74) is 8.12. The molecule has 0 radical (unpaired) electrons. The number of methoxy groups -OCH3 is 1. The molecular weight excluding hydrogens is 328 g/mol. The fourth-order valence-corrected chi connectivity index (χ4v) is 3.92. The molecule has 1 amide bonds. The number of esters is 1. The van der Waals surface area contributed by atoms with Crippen LogP contribution in [-0.2, 0) is 20.7 Å². The first kappa shape index (κ1) is 20.4. The fraction of sp³-hybridized carbons (Fsp3) is 0.619. The van der Waals surface area contributed by atoms with E-state index in [4.69, 9.17) is 10.5 Å². The maximum atomic E-state index is 12.5. The number of rotatable bonds is 8. The molecular formula is C21H32N2O3. The maximum Gasteiger partial charge on any atom is 0.310 e. The number of ether oxygens (including phenoxy) is 1. The number of nitrogens with two attached hydrogens (primary N) is 1. The number of amides is 1. The highest BCUT2D eigenvalue weighted by Gasteiger charge is 2.33. The van der Waals surface area contributed by atoms with Gasteiger partial charge in [-0.1, -0.05) is 49.1 Å². The van der Waals surface area contributed by atoms with Crippen LogP contribution < -0.4 is 11.1 Å². The Hall–Kier alpha value is -1.88. The van der Waals surface area contributed by atoms with Crippen LogP contribution in [0.25, 0.3) is 0 Å². The molecule has 0 aromatic heterocycles. The summed E-state index contributed by atoms with van der Waals surface area (Å²) in [7, 11) is 1.39. The van der Waals surface area contributed by atoms with Crippen LogP contribution in [0.5, 0.6) is 0 Å². The van der Waals surface area contributed by atoms with Gasteiger partial charge in [0.2, 0.25) is 5.91 Å². The van der Waals surface area contributed by atoms with Crippen LogP contribution in [0.2, 0.25) is 0 Å². The average molecular weight is 360 g/mol. The Balaban J connectivity index is 1.93. The fourth-order valence-electron chi connectivity index (χ4n) is 3.92. The molecule has 144 valence electrons. The van der Waals surface area contributed by atoms with E-state index in [1.807, 2.05) is 25.1 Å². The van der Waals surface area contributed by atoms with Gasteiger partial charge in [-0.25, -0.2) is 0 Å².